The van der Waals surface area contributed by atoms with E-state index in [-0.39, 0.29) is 11.2 Å². The maximum atomic E-state index is 11.0. The summed E-state index contributed by atoms with van der Waals surface area (Å²) in [6.45, 7) is 4.12. The molecular formula is C11H19ClO. The Balaban J connectivity index is 2.44. The lowest BCUT2D eigenvalue weighted by Crippen LogP contribution is -2.24. The molecule has 0 unspecified atom stereocenters. The van der Waals surface area contributed by atoms with Gasteiger partial charge in [-0.2, -0.15) is 0 Å². The maximum Gasteiger partial charge on any atom is 0.224 e. The van der Waals surface area contributed by atoms with Gasteiger partial charge in [0.05, 0.1) is 0 Å². The van der Waals surface area contributed by atoms with E-state index in [0.29, 0.717) is 5.92 Å². The molecule has 0 saturated heterocycles. The lowest BCUT2D eigenvalue weighted by molar-refractivity contribution is -0.116. The van der Waals surface area contributed by atoms with Gasteiger partial charge < -0.3 is 0 Å². The summed E-state index contributed by atoms with van der Waals surface area (Å²) in [7, 11) is 0. The van der Waals surface area contributed by atoms with Gasteiger partial charge in [0.25, 0.3) is 0 Å². The van der Waals surface area contributed by atoms with E-state index >= 15 is 0 Å². The molecule has 1 aliphatic rings. The normalized spacial score (nSPS) is 23.9. The molecule has 76 valence electrons. The van der Waals surface area contributed by atoms with Gasteiger partial charge in [-0.25, -0.2) is 0 Å². The van der Waals surface area contributed by atoms with Gasteiger partial charge in [0.2, 0.25) is 5.24 Å². The van der Waals surface area contributed by atoms with Crippen LogP contribution in [0.1, 0.15) is 46.0 Å². The van der Waals surface area contributed by atoms with Gasteiger partial charge in [-0.05, 0) is 23.4 Å². The van der Waals surface area contributed by atoms with Gasteiger partial charge in [0.15, 0.2) is 0 Å². The Kier molecular flexibility index (Phi) is 4.24. The van der Waals surface area contributed by atoms with Crippen LogP contribution in [0.15, 0.2) is 0 Å². The number of carbonyl (C=O) groups is 1. The summed E-state index contributed by atoms with van der Waals surface area (Å²) in [6.07, 6.45) is 6.61. The van der Waals surface area contributed by atoms with Gasteiger partial charge >= 0.3 is 0 Å². The van der Waals surface area contributed by atoms with Crippen molar-refractivity contribution in [2.45, 2.75) is 46.0 Å². The van der Waals surface area contributed by atoms with Gasteiger partial charge in [-0.15, -0.1) is 0 Å². The van der Waals surface area contributed by atoms with Crippen molar-refractivity contribution >= 4 is 16.8 Å². The largest absolute Gasteiger partial charge is 0.281 e. The minimum absolute atomic E-state index is 0.0322. The molecule has 0 amide bonds. The zero-order valence-corrected chi connectivity index (χ0v) is 9.31. The molecule has 0 bridgehead atoms. The first-order chi connectivity index (χ1) is 6.13. The SMILES string of the molecule is C[C@H](C1CCCCC1)[C@@H](C)C(=O)Cl. The van der Waals surface area contributed by atoms with Crippen molar-refractivity contribution in [2.75, 3.05) is 0 Å². The number of carbonyl (C=O) groups excluding carboxylic acids is 1. The fourth-order valence-electron chi connectivity index (χ4n) is 2.27. The predicted octanol–water partition coefficient (Wildman–Crippen LogP) is 3.60. The van der Waals surface area contributed by atoms with Crippen LogP contribution in [0.2, 0.25) is 0 Å². The maximum absolute atomic E-state index is 11.0. The molecule has 0 spiro atoms. The molecule has 13 heavy (non-hydrogen) atoms. The van der Waals surface area contributed by atoms with E-state index < -0.39 is 0 Å². The highest BCUT2D eigenvalue weighted by Crippen LogP contribution is 2.34. The van der Waals surface area contributed by atoms with Crippen LogP contribution in [-0.4, -0.2) is 5.24 Å². The number of rotatable bonds is 3. The molecule has 0 aromatic heterocycles. The molecule has 0 heterocycles. The molecule has 1 rings (SSSR count). The van der Waals surface area contributed by atoms with Crippen LogP contribution in [0.4, 0.5) is 0 Å². The Morgan fingerprint density at radius 2 is 1.77 bits per heavy atom. The van der Waals surface area contributed by atoms with Crippen LogP contribution in [-0.2, 0) is 4.79 Å². The minimum Gasteiger partial charge on any atom is -0.281 e. The van der Waals surface area contributed by atoms with Crippen LogP contribution in [0.5, 0.6) is 0 Å². The van der Waals surface area contributed by atoms with Gasteiger partial charge in [0.1, 0.15) is 0 Å². The van der Waals surface area contributed by atoms with Crippen molar-refractivity contribution in [1.29, 1.82) is 0 Å². The first kappa shape index (κ1) is 11.0. The molecule has 0 radical (unpaired) electrons. The van der Waals surface area contributed by atoms with Gasteiger partial charge in [-0.1, -0.05) is 46.0 Å². The Labute approximate surface area is 85.8 Å². The zero-order valence-electron chi connectivity index (χ0n) is 8.55. The Bertz CT molecular complexity index is 173. The summed E-state index contributed by atoms with van der Waals surface area (Å²) in [5.41, 5.74) is 0. The summed E-state index contributed by atoms with van der Waals surface area (Å²) in [6, 6.07) is 0. The molecule has 0 aliphatic heterocycles. The molecule has 0 aromatic carbocycles. The van der Waals surface area contributed by atoms with E-state index in [1.165, 1.54) is 32.1 Å². The van der Waals surface area contributed by atoms with E-state index in [0.717, 1.165) is 5.92 Å². The molecule has 2 atom stereocenters. The van der Waals surface area contributed by atoms with Crippen LogP contribution >= 0.6 is 11.6 Å². The third-order valence-corrected chi connectivity index (χ3v) is 3.88. The summed E-state index contributed by atoms with van der Waals surface area (Å²) >= 11 is 5.50. The second kappa shape index (κ2) is 4.99. The van der Waals surface area contributed by atoms with Gasteiger partial charge in [-0.3, -0.25) is 4.79 Å². The van der Waals surface area contributed by atoms with Crippen LogP contribution in [0.25, 0.3) is 0 Å². The second-order valence-corrected chi connectivity index (χ2v) is 4.72. The zero-order chi connectivity index (χ0) is 9.84. The highest BCUT2D eigenvalue weighted by atomic mass is 35.5. The van der Waals surface area contributed by atoms with Crippen LogP contribution in [0.3, 0.4) is 0 Å². The van der Waals surface area contributed by atoms with E-state index in [4.69, 9.17) is 11.6 Å². The van der Waals surface area contributed by atoms with E-state index in [1.54, 1.807) is 0 Å². The van der Waals surface area contributed by atoms with Crippen molar-refractivity contribution in [1.82, 2.24) is 0 Å². The van der Waals surface area contributed by atoms with E-state index in [2.05, 4.69) is 6.92 Å². The molecule has 0 N–H and O–H groups in total. The van der Waals surface area contributed by atoms with Crippen molar-refractivity contribution in [3.63, 3.8) is 0 Å². The second-order valence-electron chi connectivity index (χ2n) is 4.35. The number of hydrogen-bond donors (Lipinski definition) is 0. The lowest BCUT2D eigenvalue weighted by atomic mass is 9.76. The number of hydrogen-bond acceptors (Lipinski definition) is 1. The van der Waals surface area contributed by atoms with E-state index in [9.17, 15) is 4.79 Å². The first-order valence-electron chi connectivity index (χ1n) is 5.32. The summed E-state index contributed by atoms with van der Waals surface area (Å²) in [4.78, 5) is 11.0. The molecule has 1 aliphatic carbocycles. The van der Waals surface area contributed by atoms with Crippen molar-refractivity contribution in [3.05, 3.63) is 0 Å². The quantitative estimate of drug-likeness (QED) is 0.640. The first-order valence-corrected chi connectivity index (χ1v) is 5.70. The van der Waals surface area contributed by atoms with Crippen molar-refractivity contribution in [3.8, 4) is 0 Å². The molecule has 2 heteroatoms. The minimum atomic E-state index is -0.168. The highest BCUT2D eigenvalue weighted by Gasteiger charge is 2.27. The van der Waals surface area contributed by atoms with E-state index in [1.807, 2.05) is 6.92 Å². The topological polar surface area (TPSA) is 17.1 Å². The lowest BCUT2D eigenvalue weighted by Gasteiger charge is -2.30. The third-order valence-electron chi connectivity index (χ3n) is 3.54. The van der Waals surface area contributed by atoms with Crippen molar-refractivity contribution < 1.29 is 4.79 Å². The fourth-order valence-corrected chi connectivity index (χ4v) is 2.47. The third kappa shape index (κ3) is 2.98. The Morgan fingerprint density at radius 1 is 1.23 bits per heavy atom. The summed E-state index contributed by atoms with van der Waals surface area (Å²) < 4.78 is 0. The highest BCUT2D eigenvalue weighted by molar-refractivity contribution is 6.63. The summed E-state index contributed by atoms with van der Waals surface area (Å²) in [5.74, 6) is 1.22. The van der Waals surface area contributed by atoms with Crippen LogP contribution in [0, 0.1) is 17.8 Å². The summed E-state index contributed by atoms with van der Waals surface area (Å²) in [5, 5.41) is -0.168. The van der Waals surface area contributed by atoms with Crippen LogP contribution < -0.4 is 0 Å². The smallest absolute Gasteiger partial charge is 0.224 e. The Hall–Kier alpha value is -0.0400. The fraction of sp³-hybridized carbons (Fsp3) is 0.909. The van der Waals surface area contributed by atoms with Crippen molar-refractivity contribution in [2.24, 2.45) is 17.8 Å². The average molecular weight is 203 g/mol. The average Bonchev–Trinajstić information content (AvgIpc) is 2.17. The molecular weight excluding hydrogens is 184 g/mol. The number of halogens is 1. The molecule has 1 fully saturated rings. The molecule has 1 nitrogen and oxygen atoms in total. The van der Waals surface area contributed by atoms with Gasteiger partial charge in [0, 0.05) is 5.92 Å². The predicted molar refractivity (Wildman–Crippen MR) is 55.8 cm³/mol. The molecule has 1 saturated carbocycles. The standard InChI is InChI=1S/C11H19ClO/c1-8(9(2)11(12)13)10-6-4-3-5-7-10/h8-10H,3-7H2,1-2H3/t8-,9+/m0/s1. The monoisotopic (exact) mass is 202 g/mol. The Morgan fingerprint density at radius 3 is 2.23 bits per heavy atom. The molecule has 0 aromatic rings.